The largest absolute Gasteiger partial charge is 0.446 e. The van der Waals surface area contributed by atoms with Crippen LogP contribution >= 0.6 is 0 Å². The zero-order chi connectivity index (χ0) is 23.4. The lowest BCUT2D eigenvalue weighted by molar-refractivity contribution is 0.158. The number of anilines is 1. The first-order valence-corrected chi connectivity index (χ1v) is 10.6. The summed E-state index contributed by atoms with van der Waals surface area (Å²) in [6.07, 6.45) is 0.0578. The second kappa shape index (κ2) is 9.83. The van der Waals surface area contributed by atoms with Gasteiger partial charge in [-0.3, -0.25) is 0 Å². The number of ether oxygens (including phenoxy) is 1. The molecule has 2 aliphatic rings. The van der Waals surface area contributed by atoms with Crippen LogP contribution in [0.25, 0.3) is 0 Å². The normalized spacial score (nSPS) is 20.0. The van der Waals surface area contributed by atoms with Crippen molar-refractivity contribution in [3.63, 3.8) is 0 Å². The third kappa shape index (κ3) is 4.88. The van der Waals surface area contributed by atoms with Crippen molar-refractivity contribution in [2.75, 3.05) is 37.7 Å². The smallest absolute Gasteiger partial charge is 0.418 e. The number of halogens is 2. The number of carbonyl (C=O) groups excluding carboxylic acids is 2. The lowest BCUT2D eigenvalue weighted by Gasteiger charge is -2.21. The maximum absolute atomic E-state index is 13.6. The van der Waals surface area contributed by atoms with Crippen molar-refractivity contribution < 1.29 is 23.1 Å². The highest BCUT2D eigenvalue weighted by Crippen LogP contribution is 2.29. The minimum absolute atomic E-state index is 0.127. The molecule has 0 aliphatic carbocycles. The summed E-state index contributed by atoms with van der Waals surface area (Å²) in [5.41, 5.74) is 1.82. The molecule has 0 bridgehead atoms. The maximum Gasteiger partial charge on any atom is 0.418 e. The molecule has 3 amide bonds. The van der Waals surface area contributed by atoms with Crippen molar-refractivity contribution in [2.45, 2.75) is 18.5 Å². The fraction of sp³-hybridized carbons (Fsp3) is 0.348. The first kappa shape index (κ1) is 22.5. The van der Waals surface area contributed by atoms with E-state index >= 15 is 0 Å². The summed E-state index contributed by atoms with van der Waals surface area (Å²) >= 11 is 0. The lowest BCUT2D eigenvalue weighted by Crippen LogP contribution is -2.45. The van der Waals surface area contributed by atoms with E-state index in [9.17, 15) is 23.6 Å². The Morgan fingerprint density at radius 2 is 2.00 bits per heavy atom. The number of para-hydroxylation sites is 1. The molecule has 2 fully saturated rings. The molecule has 10 heteroatoms. The van der Waals surface area contributed by atoms with Gasteiger partial charge in [0.25, 0.3) is 0 Å². The van der Waals surface area contributed by atoms with E-state index in [1.807, 2.05) is 18.2 Å². The maximum atomic E-state index is 13.6. The van der Waals surface area contributed by atoms with Crippen LogP contribution in [0.5, 0.6) is 0 Å². The number of nitrogens with one attached hydrogen (secondary N) is 2. The van der Waals surface area contributed by atoms with Crippen molar-refractivity contribution >= 4 is 17.8 Å². The molecule has 0 radical (unpaired) electrons. The molecule has 0 aromatic heterocycles. The minimum atomic E-state index is -1.06. The second-order valence-electron chi connectivity index (χ2n) is 7.88. The number of urea groups is 1. The summed E-state index contributed by atoms with van der Waals surface area (Å²) < 4.78 is 31.8. The molecule has 0 spiro atoms. The molecule has 8 nitrogen and oxygen atoms in total. The van der Waals surface area contributed by atoms with Gasteiger partial charge in [0.05, 0.1) is 11.3 Å². The molecule has 0 saturated carbocycles. The molecule has 2 atom stereocenters. The summed E-state index contributed by atoms with van der Waals surface area (Å²) in [7, 11) is 0. The lowest BCUT2D eigenvalue weighted by atomic mass is 10.1. The van der Waals surface area contributed by atoms with E-state index in [1.165, 1.54) is 6.07 Å². The van der Waals surface area contributed by atoms with Crippen LogP contribution in [-0.2, 0) is 4.74 Å². The van der Waals surface area contributed by atoms with Gasteiger partial charge in [0.1, 0.15) is 18.7 Å². The van der Waals surface area contributed by atoms with Gasteiger partial charge in [-0.2, -0.15) is 5.26 Å². The molecule has 2 unspecified atom stereocenters. The molecule has 2 heterocycles. The topological polar surface area (TPSA) is 97.7 Å². The molecule has 2 saturated heterocycles. The fourth-order valence-electron chi connectivity index (χ4n) is 4.13. The summed E-state index contributed by atoms with van der Waals surface area (Å²) in [5, 5.41) is 15.3. The Labute approximate surface area is 189 Å². The second-order valence-corrected chi connectivity index (χ2v) is 7.88. The zero-order valence-electron chi connectivity index (χ0n) is 17.8. The van der Waals surface area contributed by atoms with Crippen LogP contribution in [0.1, 0.15) is 23.6 Å². The molecule has 2 aromatic carbocycles. The Kier molecular flexibility index (Phi) is 6.70. The number of cyclic esters (lactones) is 1. The van der Waals surface area contributed by atoms with Gasteiger partial charge in [-0.25, -0.2) is 23.3 Å². The van der Waals surface area contributed by atoms with Gasteiger partial charge in [0.2, 0.25) is 0 Å². The first-order chi connectivity index (χ1) is 16.0. The Bertz CT molecular complexity index is 1090. The standard InChI is InChI=1S/C23H23F2N5O3/c24-18-6-5-15(11-19(18)25)21-14-33-23(32)30(21)22(31)28-9-8-27-17-7-10-29(13-17)20-4-2-1-3-16(20)12-26/h1-6,11,17,21,27H,7-10,13-14H2,(H,28,31). The number of hydrogen-bond acceptors (Lipinski definition) is 6. The molecule has 2 N–H and O–H groups in total. The predicted molar refractivity (Wildman–Crippen MR) is 115 cm³/mol. The number of amides is 3. The van der Waals surface area contributed by atoms with Crippen LogP contribution < -0.4 is 15.5 Å². The molecule has 33 heavy (non-hydrogen) atoms. The monoisotopic (exact) mass is 455 g/mol. The van der Waals surface area contributed by atoms with Crippen LogP contribution in [0.15, 0.2) is 42.5 Å². The fourth-order valence-corrected chi connectivity index (χ4v) is 4.13. The average molecular weight is 455 g/mol. The highest BCUT2D eigenvalue weighted by Gasteiger charge is 2.39. The van der Waals surface area contributed by atoms with Gasteiger partial charge in [-0.1, -0.05) is 18.2 Å². The van der Waals surface area contributed by atoms with Gasteiger partial charge in [-0.15, -0.1) is 0 Å². The van der Waals surface area contributed by atoms with Crippen molar-refractivity contribution in [1.29, 1.82) is 5.26 Å². The van der Waals surface area contributed by atoms with Gasteiger partial charge in [0.15, 0.2) is 11.6 Å². The van der Waals surface area contributed by atoms with E-state index in [0.717, 1.165) is 42.2 Å². The highest BCUT2D eigenvalue weighted by molar-refractivity contribution is 5.92. The van der Waals surface area contributed by atoms with Crippen molar-refractivity contribution in [3.05, 3.63) is 65.2 Å². The Morgan fingerprint density at radius 1 is 1.18 bits per heavy atom. The van der Waals surface area contributed by atoms with E-state index in [2.05, 4.69) is 21.6 Å². The third-order valence-corrected chi connectivity index (χ3v) is 5.81. The minimum Gasteiger partial charge on any atom is -0.446 e. The predicted octanol–water partition coefficient (Wildman–Crippen LogP) is 2.91. The number of imide groups is 1. The van der Waals surface area contributed by atoms with E-state index < -0.39 is 29.8 Å². The van der Waals surface area contributed by atoms with E-state index in [-0.39, 0.29) is 24.8 Å². The summed E-state index contributed by atoms with van der Waals surface area (Å²) in [6, 6.07) is 11.6. The quantitative estimate of drug-likeness (QED) is 0.650. The van der Waals surface area contributed by atoms with Crippen molar-refractivity contribution in [1.82, 2.24) is 15.5 Å². The van der Waals surface area contributed by atoms with Gasteiger partial charge >= 0.3 is 12.1 Å². The molecular formula is C23H23F2N5O3. The number of nitriles is 1. The van der Waals surface area contributed by atoms with Crippen LogP contribution in [0.2, 0.25) is 0 Å². The number of rotatable bonds is 6. The van der Waals surface area contributed by atoms with Crippen LogP contribution in [0.3, 0.4) is 0 Å². The SMILES string of the molecule is N#Cc1ccccc1N1CCC(NCCNC(=O)N2C(=O)OCC2c2ccc(F)c(F)c2)C1. The Balaban J connectivity index is 1.26. The molecule has 2 aliphatic heterocycles. The van der Waals surface area contributed by atoms with Gasteiger partial charge < -0.3 is 20.3 Å². The Hall–Kier alpha value is -3.71. The van der Waals surface area contributed by atoms with E-state index in [4.69, 9.17) is 4.74 Å². The van der Waals surface area contributed by atoms with Crippen LogP contribution in [0, 0.1) is 23.0 Å². The molecule has 4 rings (SSSR count). The van der Waals surface area contributed by atoms with Gasteiger partial charge in [-0.05, 0) is 36.2 Å². The first-order valence-electron chi connectivity index (χ1n) is 10.6. The third-order valence-electron chi connectivity index (χ3n) is 5.81. The molecule has 172 valence electrons. The number of carbonyl (C=O) groups is 2. The van der Waals surface area contributed by atoms with Gasteiger partial charge in [0, 0.05) is 32.2 Å². The summed E-state index contributed by atoms with van der Waals surface area (Å²) in [4.78, 5) is 27.7. The van der Waals surface area contributed by atoms with Crippen molar-refractivity contribution in [2.24, 2.45) is 0 Å². The highest BCUT2D eigenvalue weighted by atomic mass is 19.2. The summed E-state index contributed by atoms with van der Waals surface area (Å²) in [6.45, 7) is 2.17. The summed E-state index contributed by atoms with van der Waals surface area (Å²) in [5.74, 6) is -2.06. The number of hydrogen-bond donors (Lipinski definition) is 2. The molecule has 2 aromatic rings. The average Bonchev–Trinajstić information content (AvgIpc) is 3.45. The van der Waals surface area contributed by atoms with Crippen molar-refractivity contribution in [3.8, 4) is 6.07 Å². The van der Waals surface area contributed by atoms with E-state index in [0.29, 0.717) is 12.1 Å². The van der Waals surface area contributed by atoms with Crippen LogP contribution in [-0.4, -0.2) is 55.9 Å². The number of nitrogens with zero attached hydrogens (tertiary/aromatic N) is 3. The number of benzene rings is 2. The van der Waals surface area contributed by atoms with E-state index in [1.54, 1.807) is 6.07 Å². The zero-order valence-corrected chi connectivity index (χ0v) is 17.8. The Morgan fingerprint density at radius 3 is 2.79 bits per heavy atom. The molecular weight excluding hydrogens is 432 g/mol. The van der Waals surface area contributed by atoms with Crippen LogP contribution in [0.4, 0.5) is 24.1 Å².